The van der Waals surface area contributed by atoms with Gasteiger partial charge in [0.2, 0.25) is 0 Å². The average molecular weight is 225 g/mol. The largest absolute Gasteiger partial charge is 0.444 e. The fourth-order valence-corrected chi connectivity index (χ4v) is 1.85. The summed E-state index contributed by atoms with van der Waals surface area (Å²) in [5, 5.41) is 2.93. The second-order valence-electron chi connectivity index (χ2n) is 5.65. The van der Waals surface area contributed by atoms with E-state index >= 15 is 0 Å². The SMILES string of the molecule is CC1=C(C)C[C@H](NC(=O)OC(C)(C)C)CC1. The number of rotatable bonds is 1. The monoisotopic (exact) mass is 225 g/mol. The number of allylic oxidation sites excluding steroid dienone is 1. The van der Waals surface area contributed by atoms with E-state index in [0.29, 0.717) is 0 Å². The summed E-state index contributed by atoms with van der Waals surface area (Å²) in [6.45, 7) is 9.94. The molecule has 0 aromatic heterocycles. The minimum absolute atomic E-state index is 0.235. The van der Waals surface area contributed by atoms with Crippen LogP contribution in [0, 0.1) is 0 Å². The third kappa shape index (κ3) is 4.25. The Balaban J connectivity index is 2.42. The van der Waals surface area contributed by atoms with Crippen LogP contribution in [0.25, 0.3) is 0 Å². The highest BCUT2D eigenvalue weighted by atomic mass is 16.6. The Morgan fingerprint density at radius 1 is 1.31 bits per heavy atom. The topological polar surface area (TPSA) is 38.3 Å². The third-order valence-electron chi connectivity index (χ3n) is 2.87. The Hall–Kier alpha value is -0.990. The quantitative estimate of drug-likeness (QED) is 0.694. The van der Waals surface area contributed by atoms with Crippen LogP contribution in [0.15, 0.2) is 11.1 Å². The van der Waals surface area contributed by atoms with Crippen LogP contribution in [0.2, 0.25) is 0 Å². The smallest absolute Gasteiger partial charge is 0.407 e. The van der Waals surface area contributed by atoms with E-state index < -0.39 is 5.60 Å². The van der Waals surface area contributed by atoms with Gasteiger partial charge in [0.15, 0.2) is 0 Å². The fraction of sp³-hybridized carbons (Fsp3) is 0.769. The van der Waals surface area contributed by atoms with Crippen molar-refractivity contribution in [3.05, 3.63) is 11.1 Å². The first kappa shape index (κ1) is 13.1. The lowest BCUT2D eigenvalue weighted by Crippen LogP contribution is -2.40. The van der Waals surface area contributed by atoms with Crippen molar-refractivity contribution in [3.8, 4) is 0 Å². The van der Waals surface area contributed by atoms with Crippen LogP contribution in [-0.4, -0.2) is 17.7 Å². The Morgan fingerprint density at radius 3 is 2.44 bits per heavy atom. The van der Waals surface area contributed by atoms with E-state index in [9.17, 15) is 4.79 Å². The zero-order valence-electron chi connectivity index (χ0n) is 11.0. The molecule has 0 aliphatic heterocycles. The van der Waals surface area contributed by atoms with Crippen molar-refractivity contribution in [1.82, 2.24) is 5.32 Å². The summed E-state index contributed by atoms with van der Waals surface area (Å²) in [6, 6.07) is 0.235. The van der Waals surface area contributed by atoms with Gasteiger partial charge in [-0.05, 0) is 53.9 Å². The number of hydrogen-bond acceptors (Lipinski definition) is 2. The first-order valence-corrected chi connectivity index (χ1v) is 5.92. The van der Waals surface area contributed by atoms with Gasteiger partial charge in [-0.2, -0.15) is 0 Å². The van der Waals surface area contributed by atoms with Gasteiger partial charge in [0.25, 0.3) is 0 Å². The molecule has 16 heavy (non-hydrogen) atoms. The molecular weight excluding hydrogens is 202 g/mol. The van der Waals surface area contributed by atoms with E-state index in [-0.39, 0.29) is 12.1 Å². The Kier molecular flexibility index (Phi) is 4.00. The van der Waals surface area contributed by atoms with Crippen LogP contribution in [0.5, 0.6) is 0 Å². The molecule has 0 radical (unpaired) electrons. The lowest BCUT2D eigenvalue weighted by Gasteiger charge is -2.27. The maximum absolute atomic E-state index is 11.6. The van der Waals surface area contributed by atoms with E-state index in [2.05, 4.69) is 19.2 Å². The highest BCUT2D eigenvalue weighted by molar-refractivity contribution is 5.68. The van der Waals surface area contributed by atoms with Gasteiger partial charge in [-0.1, -0.05) is 11.1 Å². The van der Waals surface area contributed by atoms with E-state index in [4.69, 9.17) is 4.74 Å². The molecule has 1 atom stereocenters. The molecule has 0 heterocycles. The first-order chi connectivity index (χ1) is 7.28. The summed E-state index contributed by atoms with van der Waals surface area (Å²) in [5.74, 6) is 0. The molecule has 1 N–H and O–H groups in total. The summed E-state index contributed by atoms with van der Waals surface area (Å²) in [5.41, 5.74) is 2.44. The Morgan fingerprint density at radius 2 is 1.94 bits per heavy atom. The molecule has 0 saturated carbocycles. The second-order valence-corrected chi connectivity index (χ2v) is 5.65. The molecule has 0 bridgehead atoms. The third-order valence-corrected chi connectivity index (χ3v) is 2.87. The molecule has 1 amide bonds. The van der Waals surface area contributed by atoms with E-state index in [0.717, 1.165) is 19.3 Å². The van der Waals surface area contributed by atoms with Crippen molar-refractivity contribution >= 4 is 6.09 Å². The lowest BCUT2D eigenvalue weighted by atomic mass is 9.90. The van der Waals surface area contributed by atoms with Crippen LogP contribution < -0.4 is 5.32 Å². The standard InChI is InChI=1S/C13H23NO2/c1-9-6-7-11(8-10(9)2)14-12(15)16-13(3,4)5/h11H,6-8H2,1-5H3,(H,14,15)/t11-/m1/s1. The van der Waals surface area contributed by atoms with Crippen molar-refractivity contribution in [2.75, 3.05) is 0 Å². The molecule has 1 aliphatic carbocycles. The number of amides is 1. The lowest BCUT2D eigenvalue weighted by molar-refractivity contribution is 0.0500. The molecule has 0 aromatic rings. The molecule has 0 fully saturated rings. The second kappa shape index (κ2) is 4.89. The number of alkyl carbamates (subject to hydrolysis) is 1. The van der Waals surface area contributed by atoms with Crippen molar-refractivity contribution in [2.24, 2.45) is 0 Å². The Bertz CT molecular complexity index is 300. The first-order valence-electron chi connectivity index (χ1n) is 5.92. The van der Waals surface area contributed by atoms with Gasteiger partial charge in [-0.25, -0.2) is 4.79 Å². The number of carbonyl (C=O) groups is 1. The number of ether oxygens (including phenoxy) is 1. The highest BCUT2D eigenvalue weighted by Crippen LogP contribution is 2.24. The van der Waals surface area contributed by atoms with Crippen LogP contribution in [0.3, 0.4) is 0 Å². The van der Waals surface area contributed by atoms with Crippen LogP contribution in [0.1, 0.15) is 53.9 Å². The molecule has 0 saturated heterocycles. The van der Waals surface area contributed by atoms with E-state index in [1.807, 2.05) is 20.8 Å². The van der Waals surface area contributed by atoms with Crippen LogP contribution >= 0.6 is 0 Å². The van der Waals surface area contributed by atoms with Gasteiger partial charge < -0.3 is 10.1 Å². The summed E-state index contributed by atoms with van der Waals surface area (Å²) in [6.07, 6.45) is 2.74. The number of nitrogens with one attached hydrogen (secondary N) is 1. The van der Waals surface area contributed by atoms with Crippen molar-refractivity contribution in [3.63, 3.8) is 0 Å². The average Bonchev–Trinajstić information content (AvgIpc) is 2.08. The van der Waals surface area contributed by atoms with Gasteiger partial charge >= 0.3 is 6.09 Å². The molecule has 0 spiro atoms. The maximum atomic E-state index is 11.6. The van der Waals surface area contributed by atoms with Gasteiger partial charge in [0, 0.05) is 6.04 Å². The van der Waals surface area contributed by atoms with Gasteiger partial charge in [0.1, 0.15) is 5.60 Å². The van der Waals surface area contributed by atoms with Gasteiger partial charge in [-0.15, -0.1) is 0 Å². The molecule has 3 heteroatoms. The van der Waals surface area contributed by atoms with Gasteiger partial charge in [0.05, 0.1) is 0 Å². The maximum Gasteiger partial charge on any atom is 0.407 e. The van der Waals surface area contributed by atoms with Crippen molar-refractivity contribution < 1.29 is 9.53 Å². The Labute approximate surface area is 98.2 Å². The molecular formula is C13H23NO2. The predicted octanol–water partition coefficient (Wildman–Crippen LogP) is 3.40. The molecule has 1 rings (SSSR count). The predicted molar refractivity (Wildman–Crippen MR) is 65.4 cm³/mol. The summed E-state index contributed by atoms with van der Waals surface area (Å²) < 4.78 is 5.24. The summed E-state index contributed by atoms with van der Waals surface area (Å²) in [7, 11) is 0. The van der Waals surface area contributed by atoms with Gasteiger partial charge in [-0.3, -0.25) is 0 Å². The summed E-state index contributed by atoms with van der Waals surface area (Å²) >= 11 is 0. The zero-order valence-corrected chi connectivity index (χ0v) is 11.0. The van der Waals surface area contributed by atoms with E-state index in [1.165, 1.54) is 11.1 Å². The number of carbonyl (C=O) groups excluding carboxylic acids is 1. The molecule has 1 aliphatic rings. The molecule has 0 unspecified atom stereocenters. The summed E-state index contributed by atoms with van der Waals surface area (Å²) in [4.78, 5) is 11.6. The minimum atomic E-state index is -0.417. The van der Waals surface area contributed by atoms with E-state index in [1.54, 1.807) is 0 Å². The van der Waals surface area contributed by atoms with Crippen molar-refractivity contribution in [1.29, 1.82) is 0 Å². The highest BCUT2D eigenvalue weighted by Gasteiger charge is 2.22. The zero-order chi connectivity index (χ0) is 12.3. The molecule has 3 nitrogen and oxygen atoms in total. The number of hydrogen-bond donors (Lipinski definition) is 1. The van der Waals surface area contributed by atoms with Crippen LogP contribution in [0.4, 0.5) is 4.79 Å². The molecule has 92 valence electrons. The van der Waals surface area contributed by atoms with Crippen molar-refractivity contribution in [2.45, 2.75) is 65.5 Å². The normalized spacial score (nSPS) is 21.9. The molecule has 0 aromatic carbocycles. The van der Waals surface area contributed by atoms with Crippen LogP contribution in [-0.2, 0) is 4.74 Å². The minimum Gasteiger partial charge on any atom is -0.444 e. The fourth-order valence-electron chi connectivity index (χ4n) is 1.85.